The van der Waals surface area contributed by atoms with E-state index >= 15 is 0 Å². The predicted molar refractivity (Wildman–Crippen MR) is 91.4 cm³/mol. The Morgan fingerprint density at radius 3 is 1.55 bits per heavy atom. The number of nitrogen functional groups attached to an aromatic ring is 2. The van der Waals surface area contributed by atoms with Gasteiger partial charge in [0.1, 0.15) is 11.5 Å². The van der Waals surface area contributed by atoms with Gasteiger partial charge in [-0.05, 0) is 36.4 Å². The van der Waals surface area contributed by atoms with Crippen LogP contribution in [-0.4, -0.2) is 20.2 Å². The molecule has 6 N–H and O–H groups in total. The molecule has 112 valence electrons. The van der Waals surface area contributed by atoms with E-state index in [0.717, 1.165) is 20.4 Å². The van der Waals surface area contributed by atoms with Gasteiger partial charge in [-0.1, -0.05) is 22.7 Å². The maximum absolute atomic E-state index is 9.08. The lowest BCUT2D eigenvalue weighted by Crippen LogP contribution is -1.78. The van der Waals surface area contributed by atoms with Crippen molar-refractivity contribution >= 4 is 53.4 Å². The minimum Gasteiger partial charge on any atom is -0.508 e. The second kappa shape index (κ2) is 5.66. The molecule has 0 aliphatic heterocycles. The van der Waals surface area contributed by atoms with Crippen LogP contribution < -0.4 is 11.5 Å². The Kier molecular flexibility index (Phi) is 3.70. The molecule has 0 spiro atoms. The number of aromatic nitrogens is 2. The highest BCUT2D eigenvalue weighted by Gasteiger charge is 2.00. The standard InChI is InChI=1S/2C7H6N2OS/c2*8-7-9-5-2-1-4(10)3-6(5)11-7/h2*1-3,10H,(H2,8,9). The molecular formula is C14H12N4O2S2. The van der Waals surface area contributed by atoms with Gasteiger partial charge in [0, 0.05) is 0 Å². The van der Waals surface area contributed by atoms with E-state index in [1.807, 2.05) is 0 Å². The summed E-state index contributed by atoms with van der Waals surface area (Å²) in [6, 6.07) is 10.0. The summed E-state index contributed by atoms with van der Waals surface area (Å²) in [5.41, 5.74) is 12.6. The summed E-state index contributed by atoms with van der Waals surface area (Å²) in [5.74, 6) is 0.502. The largest absolute Gasteiger partial charge is 0.508 e. The van der Waals surface area contributed by atoms with E-state index in [1.165, 1.54) is 22.7 Å². The molecule has 4 aromatic rings. The van der Waals surface area contributed by atoms with Gasteiger partial charge in [0.25, 0.3) is 0 Å². The van der Waals surface area contributed by atoms with Crippen LogP contribution in [0.15, 0.2) is 36.4 Å². The molecule has 4 rings (SSSR count). The van der Waals surface area contributed by atoms with Crippen molar-refractivity contribution < 1.29 is 10.2 Å². The third kappa shape index (κ3) is 3.02. The van der Waals surface area contributed by atoms with Gasteiger partial charge in [-0.25, -0.2) is 9.97 Å². The van der Waals surface area contributed by atoms with Gasteiger partial charge >= 0.3 is 0 Å². The van der Waals surface area contributed by atoms with Crippen LogP contribution in [0.3, 0.4) is 0 Å². The first kappa shape index (κ1) is 14.4. The van der Waals surface area contributed by atoms with Crippen LogP contribution in [-0.2, 0) is 0 Å². The van der Waals surface area contributed by atoms with Gasteiger partial charge in [0.2, 0.25) is 0 Å². The molecule has 0 saturated heterocycles. The topological polar surface area (TPSA) is 118 Å². The predicted octanol–water partition coefficient (Wildman–Crippen LogP) is 3.17. The fourth-order valence-electron chi connectivity index (χ4n) is 1.86. The molecule has 0 amide bonds. The van der Waals surface area contributed by atoms with Gasteiger partial charge in [-0.15, -0.1) is 0 Å². The lowest BCUT2D eigenvalue weighted by molar-refractivity contribution is 0.475. The molecule has 2 heterocycles. The summed E-state index contributed by atoms with van der Waals surface area (Å²) >= 11 is 2.75. The monoisotopic (exact) mass is 332 g/mol. The van der Waals surface area contributed by atoms with Crippen molar-refractivity contribution in [3.8, 4) is 11.5 Å². The number of nitrogens with two attached hydrogens (primary N) is 2. The van der Waals surface area contributed by atoms with Crippen LogP contribution in [0.25, 0.3) is 20.4 Å². The van der Waals surface area contributed by atoms with Crippen molar-refractivity contribution in [3.63, 3.8) is 0 Å². The van der Waals surface area contributed by atoms with Crippen LogP contribution in [0.5, 0.6) is 11.5 Å². The Hall–Kier alpha value is -2.58. The second-order valence-corrected chi connectivity index (χ2v) is 6.53. The first-order chi connectivity index (χ1) is 10.5. The molecule has 0 aliphatic carbocycles. The number of phenolic OH excluding ortho intramolecular Hbond substituents is 2. The summed E-state index contributed by atoms with van der Waals surface area (Å²) in [5, 5.41) is 19.2. The van der Waals surface area contributed by atoms with Gasteiger partial charge < -0.3 is 21.7 Å². The first-order valence-electron chi connectivity index (χ1n) is 6.21. The van der Waals surface area contributed by atoms with Gasteiger partial charge in [0.15, 0.2) is 10.3 Å². The molecule has 0 radical (unpaired) electrons. The molecular weight excluding hydrogens is 320 g/mol. The van der Waals surface area contributed by atoms with Crippen molar-refractivity contribution in [1.29, 1.82) is 0 Å². The Balaban J connectivity index is 0.000000131. The maximum Gasteiger partial charge on any atom is 0.181 e. The fraction of sp³-hybridized carbons (Fsp3) is 0. The quantitative estimate of drug-likeness (QED) is 0.393. The van der Waals surface area contributed by atoms with E-state index in [9.17, 15) is 0 Å². The molecule has 0 atom stereocenters. The Bertz CT molecular complexity index is 870. The number of thiazole rings is 2. The Morgan fingerprint density at radius 1 is 0.727 bits per heavy atom. The van der Waals surface area contributed by atoms with Crippen LogP contribution in [0.4, 0.5) is 10.3 Å². The molecule has 22 heavy (non-hydrogen) atoms. The van der Waals surface area contributed by atoms with Crippen molar-refractivity contribution in [1.82, 2.24) is 9.97 Å². The second-order valence-electron chi connectivity index (χ2n) is 4.41. The highest BCUT2D eigenvalue weighted by Crippen LogP contribution is 2.27. The normalized spacial score (nSPS) is 10.5. The number of aromatic hydroxyl groups is 2. The summed E-state index contributed by atoms with van der Waals surface area (Å²) in [6.07, 6.45) is 0. The molecule has 0 fully saturated rings. The molecule has 0 saturated carbocycles. The summed E-state index contributed by atoms with van der Waals surface area (Å²) in [4.78, 5) is 8.08. The van der Waals surface area contributed by atoms with E-state index in [4.69, 9.17) is 21.7 Å². The van der Waals surface area contributed by atoms with Crippen molar-refractivity contribution in [2.45, 2.75) is 0 Å². The van der Waals surface area contributed by atoms with Crippen LogP contribution in [0.2, 0.25) is 0 Å². The number of anilines is 2. The zero-order valence-corrected chi connectivity index (χ0v) is 12.9. The highest BCUT2D eigenvalue weighted by atomic mass is 32.1. The smallest absolute Gasteiger partial charge is 0.181 e. The maximum atomic E-state index is 9.08. The van der Waals surface area contributed by atoms with Crippen LogP contribution in [0.1, 0.15) is 0 Å². The lowest BCUT2D eigenvalue weighted by Gasteiger charge is -1.87. The summed E-state index contributed by atoms with van der Waals surface area (Å²) in [6.45, 7) is 0. The fourth-order valence-corrected chi connectivity index (χ4v) is 3.40. The average Bonchev–Trinajstić information content (AvgIpc) is 2.99. The van der Waals surface area contributed by atoms with E-state index in [0.29, 0.717) is 10.3 Å². The zero-order valence-electron chi connectivity index (χ0n) is 11.2. The van der Waals surface area contributed by atoms with E-state index in [2.05, 4.69) is 9.97 Å². The molecule has 2 aromatic carbocycles. The van der Waals surface area contributed by atoms with Gasteiger partial charge in [0.05, 0.1) is 20.4 Å². The highest BCUT2D eigenvalue weighted by molar-refractivity contribution is 7.22. The number of nitrogens with zero attached hydrogens (tertiary/aromatic N) is 2. The molecule has 0 bridgehead atoms. The number of hydrogen-bond acceptors (Lipinski definition) is 8. The van der Waals surface area contributed by atoms with E-state index in [1.54, 1.807) is 36.4 Å². The number of rotatable bonds is 0. The summed E-state index contributed by atoms with van der Waals surface area (Å²) < 4.78 is 1.84. The van der Waals surface area contributed by atoms with Crippen LogP contribution in [0, 0.1) is 0 Å². The minimum absolute atomic E-state index is 0.251. The molecule has 8 heteroatoms. The Labute approximate surface area is 133 Å². The number of phenols is 2. The van der Waals surface area contributed by atoms with Crippen molar-refractivity contribution in [2.75, 3.05) is 11.5 Å². The molecule has 6 nitrogen and oxygen atoms in total. The molecule has 2 aromatic heterocycles. The number of fused-ring (bicyclic) bond motifs is 2. The third-order valence-electron chi connectivity index (χ3n) is 2.78. The van der Waals surface area contributed by atoms with Crippen LogP contribution >= 0.6 is 22.7 Å². The Morgan fingerprint density at radius 2 is 1.14 bits per heavy atom. The molecule has 0 aliphatic rings. The average molecular weight is 332 g/mol. The minimum atomic E-state index is 0.251. The molecule has 0 unspecified atom stereocenters. The van der Waals surface area contributed by atoms with Crippen molar-refractivity contribution in [2.24, 2.45) is 0 Å². The zero-order chi connectivity index (χ0) is 15.7. The number of benzene rings is 2. The summed E-state index contributed by atoms with van der Waals surface area (Å²) in [7, 11) is 0. The lowest BCUT2D eigenvalue weighted by atomic mass is 10.3. The van der Waals surface area contributed by atoms with E-state index < -0.39 is 0 Å². The number of hydrogen-bond donors (Lipinski definition) is 4. The van der Waals surface area contributed by atoms with E-state index in [-0.39, 0.29) is 11.5 Å². The van der Waals surface area contributed by atoms with Crippen molar-refractivity contribution in [3.05, 3.63) is 36.4 Å². The van der Waals surface area contributed by atoms with Gasteiger partial charge in [-0.2, -0.15) is 0 Å². The van der Waals surface area contributed by atoms with Gasteiger partial charge in [-0.3, -0.25) is 0 Å². The SMILES string of the molecule is Nc1nc2ccc(O)cc2s1.Nc1nc2ccc(O)cc2s1. The third-order valence-corrected chi connectivity index (χ3v) is 4.47. The first-order valence-corrected chi connectivity index (χ1v) is 7.84.